The standard InChI is InChI=1S/C13H15ClN6O/c14-9-3-4-12(20-7-17-18-19-20)10(5-9)13(21)16-6-11(15)8-1-2-8/h3-5,7-8,11H,1-2,6,15H2,(H,16,21). The van der Waals surface area contributed by atoms with Crippen LogP contribution in [0.25, 0.3) is 5.69 Å². The Kier molecular flexibility index (Phi) is 3.85. The molecule has 0 spiro atoms. The number of aromatic nitrogens is 4. The number of benzene rings is 1. The van der Waals surface area contributed by atoms with E-state index < -0.39 is 0 Å². The number of amides is 1. The molecule has 21 heavy (non-hydrogen) atoms. The molecule has 1 aliphatic carbocycles. The second-order valence-corrected chi connectivity index (χ2v) is 5.56. The molecule has 1 heterocycles. The van der Waals surface area contributed by atoms with E-state index in [1.807, 2.05) is 0 Å². The average molecular weight is 307 g/mol. The van der Waals surface area contributed by atoms with E-state index >= 15 is 0 Å². The van der Waals surface area contributed by atoms with Crippen molar-refractivity contribution in [1.82, 2.24) is 25.5 Å². The lowest BCUT2D eigenvalue weighted by atomic mass is 10.1. The Morgan fingerprint density at radius 2 is 2.33 bits per heavy atom. The Labute approximate surface area is 126 Å². The summed E-state index contributed by atoms with van der Waals surface area (Å²) in [6, 6.07) is 4.99. The summed E-state index contributed by atoms with van der Waals surface area (Å²) >= 11 is 5.98. The lowest BCUT2D eigenvalue weighted by molar-refractivity contribution is 0.0950. The molecule has 0 saturated heterocycles. The third-order valence-corrected chi connectivity index (χ3v) is 3.76. The predicted molar refractivity (Wildman–Crippen MR) is 77.2 cm³/mol. The van der Waals surface area contributed by atoms with Gasteiger partial charge >= 0.3 is 0 Å². The normalized spacial score (nSPS) is 15.7. The summed E-state index contributed by atoms with van der Waals surface area (Å²) in [7, 11) is 0. The van der Waals surface area contributed by atoms with Crippen molar-refractivity contribution in [1.29, 1.82) is 0 Å². The molecule has 1 saturated carbocycles. The topological polar surface area (TPSA) is 98.7 Å². The summed E-state index contributed by atoms with van der Waals surface area (Å²) in [5.41, 5.74) is 6.98. The van der Waals surface area contributed by atoms with E-state index in [0.717, 1.165) is 12.8 Å². The highest BCUT2D eigenvalue weighted by molar-refractivity contribution is 6.31. The minimum atomic E-state index is -0.237. The summed E-state index contributed by atoms with van der Waals surface area (Å²) < 4.78 is 1.42. The number of nitrogens with two attached hydrogens (primary N) is 1. The van der Waals surface area contributed by atoms with Gasteiger partial charge in [-0.05, 0) is 47.4 Å². The molecule has 1 amide bonds. The van der Waals surface area contributed by atoms with Gasteiger partial charge in [0.05, 0.1) is 11.3 Å². The highest BCUT2D eigenvalue weighted by atomic mass is 35.5. The molecule has 0 aliphatic heterocycles. The molecule has 1 atom stereocenters. The minimum Gasteiger partial charge on any atom is -0.350 e. The monoisotopic (exact) mass is 306 g/mol. The maximum atomic E-state index is 12.4. The van der Waals surface area contributed by atoms with Gasteiger partial charge in [-0.2, -0.15) is 4.68 Å². The quantitative estimate of drug-likeness (QED) is 0.850. The van der Waals surface area contributed by atoms with Gasteiger partial charge in [-0.15, -0.1) is 5.10 Å². The van der Waals surface area contributed by atoms with Crippen LogP contribution in [0.15, 0.2) is 24.5 Å². The number of carbonyl (C=O) groups excluding carboxylic acids is 1. The van der Waals surface area contributed by atoms with Gasteiger partial charge in [0.25, 0.3) is 5.91 Å². The van der Waals surface area contributed by atoms with Crippen LogP contribution in [-0.4, -0.2) is 38.7 Å². The number of halogens is 1. The first-order valence-corrected chi connectivity index (χ1v) is 7.09. The van der Waals surface area contributed by atoms with Crippen LogP contribution in [-0.2, 0) is 0 Å². The maximum Gasteiger partial charge on any atom is 0.253 e. The van der Waals surface area contributed by atoms with Crippen molar-refractivity contribution in [2.75, 3.05) is 6.54 Å². The first kappa shape index (κ1) is 14.0. The largest absolute Gasteiger partial charge is 0.350 e. The lowest BCUT2D eigenvalue weighted by Gasteiger charge is -2.13. The number of nitrogens with one attached hydrogen (secondary N) is 1. The smallest absolute Gasteiger partial charge is 0.253 e. The van der Waals surface area contributed by atoms with Crippen molar-refractivity contribution in [2.24, 2.45) is 11.7 Å². The molecular formula is C13H15ClN6O. The molecule has 1 aromatic heterocycles. The van der Waals surface area contributed by atoms with E-state index in [4.69, 9.17) is 17.3 Å². The Morgan fingerprint density at radius 3 is 3.00 bits per heavy atom. The third-order valence-electron chi connectivity index (χ3n) is 3.52. The Hall–Kier alpha value is -1.99. The SMILES string of the molecule is NC(CNC(=O)c1cc(Cl)ccc1-n1cnnn1)C1CC1. The highest BCUT2D eigenvalue weighted by Gasteiger charge is 2.28. The van der Waals surface area contributed by atoms with E-state index in [0.29, 0.717) is 28.7 Å². The summed E-state index contributed by atoms with van der Waals surface area (Å²) in [5.74, 6) is 0.294. The van der Waals surface area contributed by atoms with Gasteiger partial charge in [-0.3, -0.25) is 4.79 Å². The Balaban J connectivity index is 1.79. The molecule has 8 heteroatoms. The van der Waals surface area contributed by atoms with Crippen molar-refractivity contribution in [2.45, 2.75) is 18.9 Å². The number of hydrogen-bond donors (Lipinski definition) is 2. The molecule has 0 bridgehead atoms. The van der Waals surface area contributed by atoms with Gasteiger partial charge < -0.3 is 11.1 Å². The molecular weight excluding hydrogens is 292 g/mol. The second kappa shape index (κ2) is 5.79. The summed E-state index contributed by atoms with van der Waals surface area (Å²) in [5, 5.41) is 14.3. The minimum absolute atomic E-state index is 0.00428. The van der Waals surface area contributed by atoms with E-state index in [2.05, 4.69) is 20.8 Å². The zero-order valence-corrected chi connectivity index (χ0v) is 12.0. The van der Waals surface area contributed by atoms with Crippen LogP contribution in [0.1, 0.15) is 23.2 Å². The number of carbonyl (C=O) groups is 1. The van der Waals surface area contributed by atoms with Gasteiger partial charge in [0.1, 0.15) is 6.33 Å². The third kappa shape index (κ3) is 3.20. The van der Waals surface area contributed by atoms with Crippen LogP contribution in [0, 0.1) is 5.92 Å². The van der Waals surface area contributed by atoms with E-state index in [-0.39, 0.29) is 11.9 Å². The molecule has 3 N–H and O–H groups in total. The van der Waals surface area contributed by atoms with Crippen molar-refractivity contribution < 1.29 is 4.79 Å². The first-order chi connectivity index (χ1) is 10.1. The van der Waals surface area contributed by atoms with Gasteiger partial charge in [0, 0.05) is 17.6 Å². The number of nitrogens with zero attached hydrogens (tertiary/aromatic N) is 4. The van der Waals surface area contributed by atoms with Crippen LogP contribution < -0.4 is 11.1 Å². The molecule has 1 unspecified atom stereocenters. The van der Waals surface area contributed by atoms with Gasteiger partial charge in [-0.25, -0.2) is 0 Å². The molecule has 1 fully saturated rings. The van der Waals surface area contributed by atoms with E-state index in [9.17, 15) is 4.79 Å². The van der Waals surface area contributed by atoms with Crippen molar-refractivity contribution in [3.8, 4) is 5.69 Å². The van der Waals surface area contributed by atoms with Crippen molar-refractivity contribution >= 4 is 17.5 Å². The fraction of sp³-hybridized carbons (Fsp3) is 0.385. The molecule has 1 aliphatic rings. The summed E-state index contributed by atoms with van der Waals surface area (Å²) in [4.78, 5) is 12.4. The fourth-order valence-corrected chi connectivity index (χ4v) is 2.33. The zero-order valence-electron chi connectivity index (χ0n) is 11.2. The molecule has 1 aromatic carbocycles. The van der Waals surface area contributed by atoms with Crippen LogP contribution in [0.5, 0.6) is 0 Å². The fourth-order valence-electron chi connectivity index (χ4n) is 2.16. The van der Waals surface area contributed by atoms with Crippen LogP contribution in [0.2, 0.25) is 5.02 Å². The Morgan fingerprint density at radius 1 is 1.52 bits per heavy atom. The van der Waals surface area contributed by atoms with Crippen LogP contribution >= 0.6 is 11.6 Å². The molecule has 7 nitrogen and oxygen atoms in total. The zero-order chi connectivity index (χ0) is 14.8. The van der Waals surface area contributed by atoms with Crippen LogP contribution in [0.4, 0.5) is 0 Å². The number of tetrazole rings is 1. The number of hydrogen-bond acceptors (Lipinski definition) is 5. The van der Waals surface area contributed by atoms with Crippen molar-refractivity contribution in [3.63, 3.8) is 0 Å². The summed E-state index contributed by atoms with van der Waals surface area (Å²) in [6.45, 7) is 0.449. The van der Waals surface area contributed by atoms with Crippen LogP contribution in [0.3, 0.4) is 0 Å². The van der Waals surface area contributed by atoms with Gasteiger partial charge in [-0.1, -0.05) is 11.6 Å². The average Bonchev–Trinajstić information content (AvgIpc) is 3.20. The van der Waals surface area contributed by atoms with E-state index in [1.54, 1.807) is 18.2 Å². The summed E-state index contributed by atoms with van der Waals surface area (Å²) in [6.07, 6.45) is 3.71. The first-order valence-electron chi connectivity index (χ1n) is 6.72. The molecule has 110 valence electrons. The van der Waals surface area contributed by atoms with Crippen molar-refractivity contribution in [3.05, 3.63) is 35.1 Å². The second-order valence-electron chi connectivity index (χ2n) is 5.13. The van der Waals surface area contributed by atoms with E-state index in [1.165, 1.54) is 11.0 Å². The predicted octanol–water partition coefficient (Wildman–Crippen LogP) is 0.783. The Bertz CT molecular complexity index is 640. The maximum absolute atomic E-state index is 12.4. The molecule has 0 radical (unpaired) electrons. The lowest BCUT2D eigenvalue weighted by Crippen LogP contribution is -2.38. The van der Waals surface area contributed by atoms with Gasteiger partial charge in [0.15, 0.2) is 0 Å². The molecule has 3 rings (SSSR count). The highest BCUT2D eigenvalue weighted by Crippen LogP contribution is 2.31. The number of rotatable bonds is 5. The van der Waals surface area contributed by atoms with Gasteiger partial charge in [0.2, 0.25) is 0 Å². The molecule has 2 aromatic rings.